The lowest BCUT2D eigenvalue weighted by atomic mass is 9.89. The van der Waals surface area contributed by atoms with Gasteiger partial charge in [-0.2, -0.15) is 0 Å². The Hall–Kier alpha value is -1.26. The van der Waals surface area contributed by atoms with Crippen LogP contribution in [0.2, 0.25) is 0 Å². The number of hydrogen-bond donors (Lipinski definition) is 2. The van der Waals surface area contributed by atoms with Gasteiger partial charge in [0.05, 0.1) is 6.10 Å². The maximum Gasteiger partial charge on any atom is 0.231 e. The second kappa shape index (κ2) is 3.96. The van der Waals surface area contributed by atoms with Gasteiger partial charge in [-0.05, 0) is 18.9 Å². The zero-order valence-electron chi connectivity index (χ0n) is 8.98. The van der Waals surface area contributed by atoms with Gasteiger partial charge >= 0.3 is 0 Å². The molecule has 4 nitrogen and oxygen atoms in total. The molecule has 86 valence electrons. The van der Waals surface area contributed by atoms with Gasteiger partial charge in [0, 0.05) is 18.2 Å². The molecule has 1 aromatic carbocycles. The summed E-state index contributed by atoms with van der Waals surface area (Å²) in [5.41, 5.74) is 1.12. The fourth-order valence-electron chi connectivity index (χ4n) is 2.14. The van der Waals surface area contributed by atoms with Crippen LogP contribution < -0.4 is 14.8 Å². The van der Waals surface area contributed by atoms with Gasteiger partial charge in [0.25, 0.3) is 0 Å². The van der Waals surface area contributed by atoms with Gasteiger partial charge in [-0.1, -0.05) is 12.1 Å². The predicted molar refractivity (Wildman–Crippen MR) is 58.4 cm³/mol. The molecule has 1 aliphatic heterocycles. The van der Waals surface area contributed by atoms with Gasteiger partial charge in [-0.15, -0.1) is 0 Å². The Morgan fingerprint density at radius 1 is 1.31 bits per heavy atom. The number of hydrogen-bond acceptors (Lipinski definition) is 4. The molecular weight excluding hydrogens is 206 g/mol. The fraction of sp³-hybridized carbons (Fsp3) is 0.500. The molecule has 0 atom stereocenters. The Balaban J connectivity index is 1.64. The third-order valence-electron chi connectivity index (χ3n) is 3.17. The molecule has 16 heavy (non-hydrogen) atoms. The molecule has 0 spiro atoms. The number of para-hydroxylation sites is 1. The number of ether oxygens (including phenoxy) is 2. The Labute approximate surface area is 94.2 Å². The van der Waals surface area contributed by atoms with Crippen molar-refractivity contribution in [3.63, 3.8) is 0 Å². The van der Waals surface area contributed by atoms with E-state index in [4.69, 9.17) is 9.47 Å². The Kier molecular flexibility index (Phi) is 2.46. The number of rotatable bonds is 3. The Morgan fingerprint density at radius 2 is 2.19 bits per heavy atom. The van der Waals surface area contributed by atoms with Crippen LogP contribution in [0.4, 0.5) is 0 Å². The van der Waals surface area contributed by atoms with Crippen LogP contribution in [-0.4, -0.2) is 24.0 Å². The normalized spacial score (nSPS) is 26.6. The lowest BCUT2D eigenvalue weighted by Crippen LogP contribution is -2.43. The van der Waals surface area contributed by atoms with E-state index in [1.54, 1.807) is 0 Å². The average molecular weight is 221 g/mol. The summed E-state index contributed by atoms with van der Waals surface area (Å²) < 4.78 is 10.7. The smallest absolute Gasteiger partial charge is 0.231 e. The zero-order valence-corrected chi connectivity index (χ0v) is 8.98. The van der Waals surface area contributed by atoms with Crippen molar-refractivity contribution in [2.75, 3.05) is 6.79 Å². The van der Waals surface area contributed by atoms with E-state index in [0.717, 1.165) is 36.4 Å². The van der Waals surface area contributed by atoms with Gasteiger partial charge in [0.15, 0.2) is 11.5 Å². The summed E-state index contributed by atoms with van der Waals surface area (Å²) in [4.78, 5) is 0. The van der Waals surface area contributed by atoms with Crippen molar-refractivity contribution in [1.29, 1.82) is 0 Å². The van der Waals surface area contributed by atoms with Crippen molar-refractivity contribution in [1.82, 2.24) is 5.32 Å². The Bertz CT molecular complexity index is 388. The van der Waals surface area contributed by atoms with Gasteiger partial charge in [0.2, 0.25) is 6.79 Å². The van der Waals surface area contributed by atoms with Crippen molar-refractivity contribution in [3.8, 4) is 11.5 Å². The van der Waals surface area contributed by atoms with Crippen LogP contribution in [0.1, 0.15) is 18.4 Å². The molecule has 1 heterocycles. The summed E-state index contributed by atoms with van der Waals surface area (Å²) in [6.45, 7) is 1.08. The van der Waals surface area contributed by atoms with Crippen molar-refractivity contribution >= 4 is 0 Å². The molecule has 2 aliphatic rings. The first kappa shape index (κ1) is 9.93. The SMILES string of the molecule is OC1CC(NCc2cccc3c2OCO3)C1. The van der Waals surface area contributed by atoms with Crippen LogP contribution in [0.3, 0.4) is 0 Å². The molecule has 3 rings (SSSR count). The van der Waals surface area contributed by atoms with E-state index in [2.05, 4.69) is 5.32 Å². The molecule has 0 saturated heterocycles. The molecule has 1 saturated carbocycles. The summed E-state index contributed by atoms with van der Waals surface area (Å²) in [6.07, 6.45) is 1.59. The van der Waals surface area contributed by atoms with Gasteiger partial charge in [-0.25, -0.2) is 0 Å². The molecular formula is C12H15NO3. The quantitative estimate of drug-likeness (QED) is 0.800. The largest absolute Gasteiger partial charge is 0.454 e. The molecule has 2 N–H and O–H groups in total. The van der Waals surface area contributed by atoms with Crippen LogP contribution in [0.15, 0.2) is 18.2 Å². The topological polar surface area (TPSA) is 50.7 Å². The van der Waals surface area contributed by atoms with E-state index in [1.807, 2.05) is 18.2 Å². The molecule has 1 aliphatic carbocycles. The maximum atomic E-state index is 9.19. The van der Waals surface area contributed by atoms with Crippen molar-refractivity contribution in [2.24, 2.45) is 0 Å². The highest BCUT2D eigenvalue weighted by Crippen LogP contribution is 2.35. The summed E-state index contributed by atoms with van der Waals surface area (Å²) in [5, 5.41) is 12.6. The van der Waals surface area contributed by atoms with E-state index in [9.17, 15) is 5.11 Å². The number of aliphatic hydroxyl groups is 1. The molecule has 0 aromatic heterocycles. The van der Waals surface area contributed by atoms with Gasteiger partial charge < -0.3 is 19.9 Å². The lowest BCUT2D eigenvalue weighted by Gasteiger charge is -2.32. The second-order valence-corrected chi connectivity index (χ2v) is 4.35. The monoisotopic (exact) mass is 221 g/mol. The average Bonchev–Trinajstić information content (AvgIpc) is 2.71. The number of benzene rings is 1. The minimum absolute atomic E-state index is 0.112. The first-order valence-electron chi connectivity index (χ1n) is 5.62. The minimum Gasteiger partial charge on any atom is -0.454 e. The van der Waals surface area contributed by atoms with Crippen LogP contribution in [0.25, 0.3) is 0 Å². The highest BCUT2D eigenvalue weighted by atomic mass is 16.7. The molecule has 0 bridgehead atoms. The molecule has 1 fully saturated rings. The highest BCUT2D eigenvalue weighted by Gasteiger charge is 2.27. The van der Waals surface area contributed by atoms with Crippen LogP contribution >= 0.6 is 0 Å². The number of nitrogens with one attached hydrogen (secondary N) is 1. The van der Waals surface area contributed by atoms with Gasteiger partial charge in [-0.3, -0.25) is 0 Å². The third-order valence-corrected chi connectivity index (χ3v) is 3.17. The van der Waals surface area contributed by atoms with Crippen molar-refractivity contribution in [2.45, 2.75) is 31.5 Å². The minimum atomic E-state index is -0.112. The first-order chi connectivity index (χ1) is 7.83. The van der Waals surface area contributed by atoms with Crippen LogP contribution in [0, 0.1) is 0 Å². The standard InChI is InChI=1S/C12H15NO3/c14-10-4-9(5-10)13-6-8-2-1-3-11-12(8)16-7-15-11/h1-3,9-10,13-14H,4-7H2. The van der Waals surface area contributed by atoms with Crippen molar-refractivity contribution < 1.29 is 14.6 Å². The van der Waals surface area contributed by atoms with Crippen molar-refractivity contribution in [3.05, 3.63) is 23.8 Å². The summed E-state index contributed by atoms with van der Waals surface area (Å²) in [5.74, 6) is 1.68. The lowest BCUT2D eigenvalue weighted by molar-refractivity contribution is 0.0618. The molecule has 0 radical (unpaired) electrons. The zero-order chi connectivity index (χ0) is 11.0. The predicted octanol–water partition coefficient (Wildman–Crippen LogP) is 1.03. The Morgan fingerprint density at radius 3 is 3.00 bits per heavy atom. The molecule has 0 amide bonds. The number of aliphatic hydroxyl groups excluding tert-OH is 1. The van der Waals surface area contributed by atoms with E-state index in [1.165, 1.54) is 0 Å². The fourth-order valence-corrected chi connectivity index (χ4v) is 2.14. The maximum absolute atomic E-state index is 9.19. The third kappa shape index (κ3) is 1.74. The second-order valence-electron chi connectivity index (χ2n) is 4.35. The van der Waals surface area contributed by atoms with E-state index in [0.29, 0.717) is 12.8 Å². The van der Waals surface area contributed by atoms with E-state index < -0.39 is 0 Å². The first-order valence-corrected chi connectivity index (χ1v) is 5.62. The molecule has 4 heteroatoms. The summed E-state index contributed by atoms with van der Waals surface area (Å²) >= 11 is 0. The number of fused-ring (bicyclic) bond motifs is 1. The molecule has 1 aromatic rings. The molecule has 0 unspecified atom stereocenters. The van der Waals surface area contributed by atoms with E-state index in [-0.39, 0.29) is 6.10 Å². The van der Waals surface area contributed by atoms with Crippen LogP contribution in [0.5, 0.6) is 11.5 Å². The van der Waals surface area contributed by atoms with Gasteiger partial charge in [0.1, 0.15) is 0 Å². The highest BCUT2D eigenvalue weighted by molar-refractivity contribution is 5.48. The summed E-state index contributed by atoms with van der Waals surface area (Å²) in [6, 6.07) is 6.36. The summed E-state index contributed by atoms with van der Waals surface area (Å²) in [7, 11) is 0. The van der Waals surface area contributed by atoms with Crippen LogP contribution in [-0.2, 0) is 6.54 Å². The van der Waals surface area contributed by atoms with E-state index >= 15 is 0 Å².